The Labute approximate surface area is 221 Å². The Bertz CT molecular complexity index is 808. The Kier molecular flexibility index (Phi) is 11.5. The Morgan fingerprint density at radius 3 is 2.51 bits per heavy atom. The number of amides is 2. The van der Waals surface area contributed by atoms with Crippen LogP contribution in [0.3, 0.4) is 0 Å². The molecule has 0 aromatic carbocycles. The van der Waals surface area contributed by atoms with Crippen LogP contribution in [0.25, 0.3) is 0 Å². The fourth-order valence-corrected chi connectivity index (χ4v) is 5.56. The number of guanidine groups is 1. The van der Waals surface area contributed by atoms with E-state index in [-0.39, 0.29) is 18.6 Å². The Morgan fingerprint density at radius 1 is 1.22 bits per heavy atom. The molecule has 3 aliphatic rings. The molecule has 1 saturated carbocycles. The molecule has 0 aromatic rings. The molecule has 1 aliphatic carbocycles. The van der Waals surface area contributed by atoms with Crippen molar-refractivity contribution in [3.63, 3.8) is 0 Å². The van der Waals surface area contributed by atoms with E-state index in [9.17, 15) is 9.59 Å². The standard InChI is InChI=1S/C27H46N6O4/c1-4-27(3)9-5-21(6-10-27)19-23(24(34)30-14-11-28)31-25(33-15-17-36-18-16-33)32-26(35)37-20(2)22-7-12-29-13-8-22/h20-23,29H,4-10,12-19H2,1-3H3,(H,30,34)(H,31,32,35). The maximum absolute atomic E-state index is 13.1. The van der Waals surface area contributed by atoms with Crippen LogP contribution in [0.4, 0.5) is 4.79 Å². The summed E-state index contributed by atoms with van der Waals surface area (Å²) in [5.41, 5.74) is 0.369. The number of alkyl carbamates (subject to hydrolysis) is 1. The fraction of sp³-hybridized carbons (Fsp3) is 0.852. The lowest BCUT2D eigenvalue weighted by Crippen LogP contribution is -2.51. The molecule has 0 aromatic heterocycles. The number of piperidine rings is 1. The third kappa shape index (κ3) is 9.15. The van der Waals surface area contributed by atoms with Crippen LogP contribution in [-0.4, -0.2) is 80.9 Å². The number of morpholine rings is 1. The molecule has 0 radical (unpaired) electrons. The first kappa shape index (κ1) is 29.2. The quantitative estimate of drug-likeness (QED) is 0.256. The van der Waals surface area contributed by atoms with Gasteiger partial charge in [-0.2, -0.15) is 5.26 Å². The van der Waals surface area contributed by atoms with Crippen LogP contribution in [0.15, 0.2) is 4.99 Å². The van der Waals surface area contributed by atoms with Crippen LogP contribution in [0.5, 0.6) is 0 Å². The van der Waals surface area contributed by atoms with Gasteiger partial charge in [-0.25, -0.2) is 9.79 Å². The van der Waals surface area contributed by atoms with Crippen molar-refractivity contribution in [2.45, 2.75) is 84.3 Å². The van der Waals surface area contributed by atoms with E-state index in [1.165, 1.54) is 0 Å². The zero-order valence-electron chi connectivity index (χ0n) is 22.9. The zero-order chi connectivity index (χ0) is 26.7. The average Bonchev–Trinajstić information content (AvgIpc) is 2.93. The number of rotatable bonds is 8. The average molecular weight is 519 g/mol. The van der Waals surface area contributed by atoms with Crippen LogP contribution < -0.4 is 16.0 Å². The van der Waals surface area contributed by atoms with Crippen molar-refractivity contribution in [3.8, 4) is 6.07 Å². The van der Waals surface area contributed by atoms with E-state index in [1.54, 1.807) is 0 Å². The molecule has 208 valence electrons. The van der Waals surface area contributed by atoms with Gasteiger partial charge in [0.05, 0.1) is 19.3 Å². The Balaban J connectivity index is 1.73. The zero-order valence-corrected chi connectivity index (χ0v) is 22.9. The summed E-state index contributed by atoms with van der Waals surface area (Å²) in [5, 5.41) is 17.9. The van der Waals surface area contributed by atoms with E-state index < -0.39 is 12.1 Å². The molecular weight excluding hydrogens is 472 g/mol. The van der Waals surface area contributed by atoms with Gasteiger partial charge in [-0.15, -0.1) is 0 Å². The lowest BCUT2D eigenvalue weighted by atomic mass is 9.69. The van der Waals surface area contributed by atoms with Crippen molar-refractivity contribution in [1.29, 1.82) is 5.26 Å². The minimum absolute atomic E-state index is 0.0699. The summed E-state index contributed by atoms with van der Waals surface area (Å²) in [6.45, 7) is 10.5. The molecule has 3 fully saturated rings. The van der Waals surface area contributed by atoms with Crippen molar-refractivity contribution in [2.75, 3.05) is 45.9 Å². The first-order chi connectivity index (χ1) is 17.8. The second-order valence-corrected chi connectivity index (χ2v) is 11.1. The molecular formula is C27H46N6O4. The van der Waals surface area contributed by atoms with E-state index in [4.69, 9.17) is 19.7 Å². The second kappa shape index (κ2) is 14.5. The second-order valence-electron chi connectivity index (χ2n) is 11.1. The highest BCUT2D eigenvalue weighted by atomic mass is 16.6. The third-order valence-corrected chi connectivity index (χ3v) is 8.51. The number of hydrogen-bond donors (Lipinski definition) is 3. The number of hydrogen-bond acceptors (Lipinski definition) is 7. The number of carbonyl (C=O) groups is 2. The molecule has 3 rings (SSSR count). The van der Waals surface area contributed by atoms with Gasteiger partial charge in [-0.1, -0.05) is 20.3 Å². The van der Waals surface area contributed by atoms with Gasteiger partial charge in [0.25, 0.3) is 0 Å². The van der Waals surface area contributed by atoms with Gasteiger partial charge in [0.15, 0.2) is 0 Å². The lowest BCUT2D eigenvalue weighted by molar-refractivity contribution is -0.122. The highest BCUT2D eigenvalue weighted by Crippen LogP contribution is 2.42. The molecule has 2 unspecified atom stereocenters. The summed E-state index contributed by atoms with van der Waals surface area (Å²) in [4.78, 5) is 32.8. The Hall–Kier alpha value is -2.38. The summed E-state index contributed by atoms with van der Waals surface area (Å²) in [5.74, 6) is 0.755. The van der Waals surface area contributed by atoms with Crippen molar-refractivity contribution >= 4 is 18.0 Å². The molecule has 2 heterocycles. The topological polar surface area (TPSA) is 128 Å². The van der Waals surface area contributed by atoms with Crippen LogP contribution in [-0.2, 0) is 14.3 Å². The van der Waals surface area contributed by atoms with Gasteiger partial charge in [-0.05, 0) is 82.2 Å². The van der Waals surface area contributed by atoms with Crippen LogP contribution in [0.2, 0.25) is 0 Å². The van der Waals surface area contributed by atoms with Crippen LogP contribution >= 0.6 is 0 Å². The normalized spacial score (nSPS) is 27.0. The number of nitrogens with one attached hydrogen (secondary N) is 3. The summed E-state index contributed by atoms with van der Waals surface area (Å²) in [6.07, 6.45) is 7.31. The van der Waals surface area contributed by atoms with Crippen molar-refractivity contribution < 1.29 is 19.1 Å². The van der Waals surface area contributed by atoms with Crippen molar-refractivity contribution in [1.82, 2.24) is 20.9 Å². The third-order valence-electron chi connectivity index (χ3n) is 8.51. The first-order valence-electron chi connectivity index (χ1n) is 14.1. The maximum Gasteiger partial charge on any atom is 0.414 e. The summed E-state index contributed by atoms with van der Waals surface area (Å²) in [7, 11) is 0. The number of aliphatic imine (C=N–C) groups is 1. The molecule has 10 nitrogen and oxygen atoms in total. The minimum Gasteiger partial charge on any atom is -0.446 e. The first-order valence-corrected chi connectivity index (χ1v) is 14.1. The molecule has 0 bridgehead atoms. The monoisotopic (exact) mass is 518 g/mol. The van der Waals surface area contributed by atoms with E-state index in [1.807, 2.05) is 17.9 Å². The predicted octanol–water partition coefficient (Wildman–Crippen LogP) is 2.79. The molecule has 2 amide bonds. The van der Waals surface area contributed by atoms with Crippen LogP contribution in [0, 0.1) is 28.6 Å². The summed E-state index contributed by atoms with van der Waals surface area (Å²) >= 11 is 0. The molecule has 3 N–H and O–H groups in total. The Morgan fingerprint density at radius 2 is 1.89 bits per heavy atom. The van der Waals surface area contributed by atoms with Crippen molar-refractivity contribution in [3.05, 3.63) is 0 Å². The summed E-state index contributed by atoms with van der Waals surface area (Å²) in [6, 6.07) is 1.29. The fourth-order valence-electron chi connectivity index (χ4n) is 5.56. The minimum atomic E-state index is -0.690. The molecule has 2 saturated heterocycles. The largest absolute Gasteiger partial charge is 0.446 e. The van der Waals surface area contributed by atoms with E-state index >= 15 is 0 Å². The van der Waals surface area contributed by atoms with E-state index in [2.05, 4.69) is 29.8 Å². The van der Waals surface area contributed by atoms with Crippen molar-refractivity contribution in [2.24, 2.45) is 22.2 Å². The highest BCUT2D eigenvalue weighted by molar-refractivity contribution is 5.96. The van der Waals surface area contributed by atoms with E-state index in [0.29, 0.717) is 55.9 Å². The number of ether oxygens (including phenoxy) is 2. The van der Waals surface area contributed by atoms with Crippen LogP contribution in [0.1, 0.15) is 72.1 Å². The van der Waals surface area contributed by atoms with E-state index in [0.717, 1.165) is 58.0 Å². The van der Waals surface area contributed by atoms with Gasteiger partial charge in [0.2, 0.25) is 11.9 Å². The molecule has 2 atom stereocenters. The number of carbonyl (C=O) groups excluding carboxylic acids is 2. The van der Waals surface area contributed by atoms with Gasteiger partial charge in [0, 0.05) is 13.1 Å². The molecule has 37 heavy (non-hydrogen) atoms. The SMILES string of the molecule is CCC1(C)CCC(CC(N=C(NC(=O)OC(C)C2CCNCC2)N2CCOCC2)C(=O)NCC#N)CC1. The molecule has 0 spiro atoms. The van der Waals surface area contributed by atoms with Gasteiger partial charge in [0.1, 0.15) is 18.7 Å². The molecule has 2 aliphatic heterocycles. The molecule has 10 heteroatoms. The summed E-state index contributed by atoms with van der Waals surface area (Å²) < 4.78 is 11.2. The van der Waals surface area contributed by atoms with Gasteiger partial charge in [-0.3, -0.25) is 10.1 Å². The number of nitrogens with zero attached hydrogens (tertiary/aromatic N) is 3. The number of nitriles is 1. The smallest absolute Gasteiger partial charge is 0.414 e. The van der Waals surface area contributed by atoms with Gasteiger partial charge < -0.3 is 25.0 Å². The maximum atomic E-state index is 13.1. The lowest BCUT2D eigenvalue weighted by Gasteiger charge is -2.37. The predicted molar refractivity (Wildman–Crippen MR) is 142 cm³/mol. The highest BCUT2D eigenvalue weighted by Gasteiger charge is 2.33. The van der Waals surface area contributed by atoms with Gasteiger partial charge >= 0.3 is 6.09 Å².